The van der Waals surface area contributed by atoms with Crippen molar-refractivity contribution in [1.82, 2.24) is 10.2 Å². The van der Waals surface area contributed by atoms with Crippen molar-refractivity contribution in [2.75, 3.05) is 6.79 Å². The fourth-order valence-electron chi connectivity index (χ4n) is 4.52. The van der Waals surface area contributed by atoms with Crippen LogP contribution in [0, 0.1) is 0 Å². The number of carbonyl (C=O) groups excluding carboxylic acids is 2. The van der Waals surface area contributed by atoms with E-state index >= 15 is 0 Å². The Morgan fingerprint density at radius 3 is 2.52 bits per heavy atom. The molecule has 1 N–H and O–H groups in total. The summed E-state index contributed by atoms with van der Waals surface area (Å²) in [5, 5.41) is 3.18. The van der Waals surface area contributed by atoms with E-state index in [1.54, 1.807) is 17.0 Å². The lowest BCUT2D eigenvalue weighted by atomic mass is 10.0. The van der Waals surface area contributed by atoms with Gasteiger partial charge in [-0.05, 0) is 48.2 Å². The molecule has 1 saturated carbocycles. The van der Waals surface area contributed by atoms with E-state index in [1.807, 2.05) is 48.5 Å². The van der Waals surface area contributed by atoms with E-state index in [2.05, 4.69) is 5.32 Å². The number of nitrogens with zero attached hydrogens (tertiary/aromatic N) is 1. The Balaban J connectivity index is 1.51. The average Bonchev–Trinajstić information content (AvgIpc) is 3.61. The summed E-state index contributed by atoms with van der Waals surface area (Å²) in [4.78, 5) is 28.8. The highest BCUT2D eigenvalue weighted by Gasteiger charge is 2.35. The second kappa shape index (κ2) is 9.40. The molecule has 1 aromatic heterocycles. The van der Waals surface area contributed by atoms with Crippen LogP contribution in [-0.4, -0.2) is 29.5 Å². The van der Waals surface area contributed by atoms with Crippen LogP contribution in [0.3, 0.4) is 0 Å². The molecular weight excluding hydrogens is 420 g/mol. The van der Waals surface area contributed by atoms with Crippen molar-refractivity contribution in [3.63, 3.8) is 0 Å². The highest BCUT2D eigenvalue weighted by atomic mass is 16.7. The minimum absolute atomic E-state index is 0.134. The molecule has 1 aliphatic heterocycles. The summed E-state index contributed by atoms with van der Waals surface area (Å²) in [6.45, 7) is 0.373. The lowest BCUT2D eigenvalue weighted by molar-refractivity contribution is -0.126. The molecule has 1 fully saturated rings. The molecule has 2 amide bonds. The van der Waals surface area contributed by atoms with Gasteiger partial charge in [-0.2, -0.15) is 0 Å². The molecule has 2 aliphatic rings. The third-order valence-electron chi connectivity index (χ3n) is 6.16. The number of benzene rings is 2. The van der Waals surface area contributed by atoms with Gasteiger partial charge in [0.05, 0.1) is 6.26 Å². The second-order valence-corrected chi connectivity index (χ2v) is 8.40. The average molecular weight is 447 g/mol. The molecule has 170 valence electrons. The first kappa shape index (κ1) is 21.1. The first-order chi connectivity index (χ1) is 16.2. The number of ether oxygens (including phenoxy) is 2. The quantitative estimate of drug-likeness (QED) is 0.580. The summed E-state index contributed by atoms with van der Waals surface area (Å²) in [7, 11) is 0. The highest BCUT2D eigenvalue weighted by Crippen LogP contribution is 2.34. The molecule has 1 aliphatic carbocycles. The minimum Gasteiger partial charge on any atom is -0.459 e. The molecule has 3 aromatic rings. The van der Waals surface area contributed by atoms with Gasteiger partial charge in [0.2, 0.25) is 12.7 Å². The van der Waals surface area contributed by atoms with Crippen LogP contribution >= 0.6 is 0 Å². The van der Waals surface area contributed by atoms with Crippen molar-refractivity contribution in [3.8, 4) is 11.5 Å². The van der Waals surface area contributed by atoms with Crippen LogP contribution in [-0.2, 0) is 11.3 Å². The molecule has 5 rings (SSSR count). The molecule has 1 unspecified atom stereocenters. The number of fused-ring (bicyclic) bond motifs is 1. The zero-order chi connectivity index (χ0) is 22.6. The molecule has 0 spiro atoms. The molecule has 7 heteroatoms. The molecule has 2 heterocycles. The molecule has 7 nitrogen and oxygen atoms in total. The lowest BCUT2D eigenvalue weighted by Gasteiger charge is -2.32. The summed E-state index contributed by atoms with van der Waals surface area (Å²) in [5.74, 6) is 0.943. The minimum atomic E-state index is -0.810. The van der Waals surface area contributed by atoms with E-state index in [0.717, 1.165) is 36.8 Å². The van der Waals surface area contributed by atoms with Gasteiger partial charge in [0.1, 0.15) is 6.04 Å². The van der Waals surface area contributed by atoms with Crippen LogP contribution in [0.2, 0.25) is 0 Å². The van der Waals surface area contributed by atoms with Gasteiger partial charge in [0.25, 0.3) is 5.91 Å². The number of carbonyl (C=O) groups is 2. The van der Waals surface area contributed by atoms with E-state index < -0.39 is 6.04 Å². The van der Waals surface area contributed by atoms with Crippen molar-refractivity contribution < 1.29 is 23.5 Å². The first-order valence-electron chi connectivity index (χ1n) is 11.3. The van der Waals surface area contributed by atoms with Crippen molar-refractivity contribution in [1.29, 1.82) is 0 Å². The Kier molecular flexibility index (Phi) is 6.02. The van der Waals surface area contributed by atoms with Crippen molar-refractivity contribution in [2.24, 2.45) is 0 Å². The van der Waals surface area contributed by atoms with E-state index in [4.69, 9.17) is 13.9 Å². The van der Waals surface area contributed by atoms with Crippen LogP contribution in [0.25, 0.3) is 0 Å². The summed E-state index contributed by atoms with van der Waals surface area (Å²) in [6.07, 6.45) is 5.59. The molecular formula is C26H26N2O5. The largest absolute Gasteiger partial charge is 0.459 e. The van der Waals surface area contributed by atoms with Crippen LogP contribution in [0.4, 0.5) is 0 Å². The topological polar surface area (TPSA) is 81.0 Å². The maximum Gasteiger partial charge on any atom is 0.290 e. The van der Waals surface area contributed by atoms with Crippen molar-refractivity contribution >= 4 is 11.8 Å². The number of nitrogens with one attached hydrogen (secondary N) is 1. The smallest absolute Gasteiger partial charge is 0.290 e. The number of hydrogen-bond acceptors (Lipinski definition) is 5. The summed E-state index contributed by atoms with van der Waals surface area (Å²) >= 11 is 0. The SMILES string of the molecule is O=C(NC1CCCC1)C(c1ccccc1)N(Cc1ccc2c(c1)OCO2)C(=O)c1ccco1. The molecule has 0 bridgehead atoms. The predicted molar refractivity (Wildman–Crippen MR) is 121 cm³/mol. The summed E-state index contributed by atoms with van der Waals surface area (Å²) < 4.78 is 16.3. The number of amides is 2. The Morgan fingerprint density at radius 2 is 1.76 bits per heavy atom. The van der Waals surface area contributed by atoms with Gasteiger partial charge in [-0.15, -0.1) is 0 Å². The predicted octanol–water partition coefficient (Wildman–Crippen LogP) is 4.45. The standard InChI is InChI=1S/C26H26N2O5/c29-25(27-20-9-4-5-10-20)24(19-7-2-1-3-8-19)28(26(30)22-11-6-14-31-22)16-18-12-13-21-23(15-18)33-17-32-21/h1-3,6-8,11-15,20,24H,4-5,9-10,16-17H2,(H,27,29). The number of hydrogen-bond donors (Lipinski definition) is 1. The highest BCUT2D eigenvalue weighted by molar-refractivity contribution is 5.96. The van der Waals surface area contributed by atoms with Crippen molar-refractivity contribution in [2.45, 2.75) is 44.3 Å². The summed E-state index contributed by atoms with van der Waals surface area (Å²) in [5.41, 5.74) is 1.57. The molecule has 0 radical (unpaired) electrons. The number of rotatable bonds is 7. The zero-order valence-corrected chi connectivity index (χ0v) is 18.2. The monoisotopic (exact) mass is 446 g/mol. The van der Waals surface area contributed by atoms with Gasteiger partial charge in [0, 0.05) is 12.6 Å². The van der Waals surface area contributed by atoms with Gasteiger partial charge >= 0.3 is 0 Å². The Bertz CT molecular complexity index is 1110. The zero-order valence-electron chi connectivity index (χ0n) is 18.2. The van der Waals surface area contributed by atoms with Crippen molar-refractivity contribution in [3.05, 3.63) is 83.8 Å². The third kappa shape index (κ3) is 4.58. The van der Waals surface area contributed by atoms with E-state index in [1.165, 1.54) is 6.26 Å². The van der Waals surface area contributed by atoms with Gasteiger partial charge in [0.15, 0.2) is 17.3 Å². The van der Waals surface area contributed by atoms with Gasteiger partial charge in [-0.25, -0.2) is 0 Å². The van der Waals surface area contributed by atoms with E-state index in [9.17, 15) is 9.59 Å². The molecule has 2 aromatic carbocycles. The maximum atomic E-state index is 13.6. The first-order valence-corrected chi connectivity index (χ1v) is 11.3. The number of furan rings is 1. The van der Waals surface area contributed by atoms with E-state index in [-0.39, 0.29) is 37.0 Å². The molecule has 1 atom stereocenters. The lowest BCUT2D eigenvalue weighted by Crippen LogP contribution is -2.45. The van der Waals surface area contributed by atoms with Gasteiger partial charge in [-0.3, -0.25) is 9.59 Å². The Hall–Kier alpha value is -3.74. The second-order valence-electron chi connectivity index (χ2n) is 8.40. The molecule has 0 saturated heterocycles. The van der Waals surface area contributed by atoms with Crippen LogP contribution in [0.1, 0.15) is 53.4 Å². The van der Waals surface area contributed by atoms with Crippen LogP contribution in [0.5, 0.6) is 11.5 Å². The maximum absolute atomic E-state index is 13.6. The normalized spacial score (nSPS) is 15.9. The fraction of sp³-hybridized carbons (Fsp3) is 0.308. The summed E-state index contributed by atoms with van der Waals surface area (Å²) in [6, 6.07) is 17.6. The fourth-order valence-corrected chi connectivity index (χ4v) is 4.52. The van der Waals surface area contributed by atoms with Gasteiger partial charge in [-0.1, -0.05) is 49.2 Å². The third-order valence-corrected chi connectivity index (χ3v) is 6.16. The molecule has 33 heavy (non-hydrogen) atoms. The van der Waals surface area contributed by atoms with E-state index in [0.29, 0.717) is 11.5 Å². The Labute approximate surface area is 192 Å². The Morgan fingerprint density at radius 1 is 0.970 bits per heavy atom. The van der Waals surface area contributed by atoms with Crippen LogP contribution in [0.15, 0.2) is 71.3 Å². The van der Waals surface area contributed by atoms with Crippen LogP contribution < -0.4 is 14.8 Å². The van der Waals surface area contributed by atoms with Gasteiger partial charge < -0.3 is 24.1 Å².